The van der Waals surface area contributed by atoms with Gasteiger partial charge in [-0.25, -0.2) is 4.39 Å². The van der Waals surface area contributed by atoms with Crippen molar-refractivity contribution in [3.05, 3.63) is 58.3 Å². The lowest BCUT2D eigenvalue weighted by Gasteiger charge is -2.13. The predicted octanol–water partition coefficient (Wildman–Crippen LogP) is 4.43. The molecule has 0 saturated heterocycles. The SMILES string of the molecule is CC(O)c1ccccc1Oc1cc(F)cc(Br)c1. The molecule has 0 aliphatic carbocycles. The van der Waals surface area contributed by atoms with E-state index >= 15 is 0 Å². The van der Waals surface area contributed by atoms with E-state index in [1.54, 1.807) is 31.2 Å². The topological polar surface area (TPSA) is 29.5 Å². The third-order valence-corrected chi connectivity index (χ3v) is 2.89. The van der Waals surface area contributed by atoms with Crippen LogP contribution in [-0.2, 0) is 0 Å². The van der Waals surface area contributed by atoms with Gasteiger partial charge in [-0.1, -0.05) is 34.1 Å². The molecule has 0 aliphatic rings. The molecule has 2 rings (SSSR count). The van der Waals surface area contributed by atoms with Crippen LogP contribution in [0.4, 0.5) is 4.39 Å². The average molecular weight is 311 g/mol. The van der Waals surface area contributed by atoms with Gasteiger partial charge in [-0.05, 0) is 25.1 Å². The Balaban J connectivity index is 2.34. The largest absolute Gasteiger partial charge is 0.457 e. The molecule has 18 heavy (non-hydrogen) atoms. The van der Waals surface area contributed by atoms with Gasteiger partial charge in [0.1, 0.15) is 17.3 Å². The lowest BCUT2D eigenvalue weighted by molar-refractivity contribution is 0.195. The summed E-state index contributed by atoms with van der Waals surface area (Å²) in [5.41, 5.74) is 0.665. The first-order valence-electron chi connectivity index (χ1n) is 5.47. The van der Waals surface area contributed by atoms with E-state index in [9.17, 15) is 9.50 Å². The zero-order valence-electron chi connectivity index (χ0n) is 9.73. The lowest BCUT2D eigenvalue weighted by Crippen LogP contribution is -1.96. The molecule has 1 unspecified atom stereocenters. The fourth-order valence-electron chi connectivity index (χ4n) is 1.63. The summed E-state index contributed by atoms with van der Waals surface area (Å²) >= 11 is 3.20. The molecule has 0 radical (unpaired) electrons. The smallest absolute Gasteiger partial charge is 0.133 e. The molecule has 2 aromatic carbocycles. The maximum atomic E-state index is 13.2. The Labute approximate surface area is 113 Å². The number of rotatable bonds is 3. The summed E-state index contributed by atoms with van der Waals surface area (Å²) in [7, 11) is 0. The Bertz CT molecular complexity index is 535. The quantitative estimate of drug-likeness (QED) is 0.908. The monoisotopic (exact) mass is 310 g/mol. The van der Waals surface area contributed by atoms with E-state index in [2.05, 4.69) is 15.9 Å². The van der Waals surface area contributed by atoms with E-state index in [0.29, 0.717) is 21.5 Å². The van der Waals surface area contributed by atoms with Crippen LogP contribution >= 0.6 is 15.9 Å². The molecule has 0 saturated carbocycles. The van der Waals surface area contributed by atoms with Crippen LogP contribution in [0.2, 0.25) is 0 Å². The third-order valence-electron chi connectivity index (χ3n) is 2.43. The van der Waals surface area contributed by atoms with Crippen molar-refractivity contribution < 1.29 is 14.2 Å². The number of hydrogen-bond donors (Lipinski definition) is 1. The molecule has 0 heterocycles. The van der Waals surface area contributed by atoms with Crippen LogP contribution in [-0.4, -0.2) is 5.11 Å². The minimum absolute atomic E-state index is 0.381. The molecular formula is C14H12BrFO2. The summed E-state index contributed by atoms with van der Waals surface area (Å²) in [6.07, 6.45) is -0.641. The third kappa shape index (κ3) is 3.09. The number of para-hydroxylation sites is 1. The summed E-state index contributed by atoms with van der Waals surface area (Å²) in [6.45, 7) is 1.66. The second kappa shape index (κ2) is 5.50. The van der Waals surface area contributed by atoms with Crippen LogP contribution < -0.4 is 4.74 Å². The standard InChI is InChI=1S/C14H12BrFO2/c1-9(17)13-4-2-3-5-14(13)18-12-7-10(15)6-11(16)8-12/h2-9,17H,1H3. The molecule has 0 spiro atoms. The maximum Gasteiger partial charge on any atom is 0.133 e. The van der Waals surface area contributed by atoms with Crippen LogP contribution in [0, 0.1) is 5.82 Å². The Morgan fingerprint density at radius 1 is 1.22 bits per heavy atom. The van der Waals surface area contributed by atoms with Gasteiger partial charge in [-0.15, -0.1) is 0 Å². The van der Waals surface area contributed by atoms with Crippen LogP contribution in [0.1, 0.15) is 18.6 Å². The average Bonchev–Trinajstić information content (AvgIpc) is 2.27. The van der Waals surface area contributed by atoms with Crippen molar-refractivity contribution in [1.29, 1.82) is 0 Å². The van der Waals surface area contributed by atoms with Gasteiger partial charge in [-0.2, -0.15) is 0 Å². The zero-order valence-corrected chi connectivity index (χ0v) is 11.3. The van der Waals surface area contributed by atoms with Crippen LogP contribution in [0.5, 0.6) is 11.5 Å². The fraction of sp³-hybridized carbons (Fsp3) is 0.143. The van der Waals surface area contributed by atoms with Crippen LogP contribution in [0.25, 0.3) is 0 Å². The number of hydrogen-bond acceptors (Lipinski definition) is 2. The second-order valence-corrected chi connectivity index (χ2v) is 4.84. The Hall–Kier alpha value is -1.39. The lowest BCUT2D eigenvalue weighted by atomic mass is 10.1. The van der Waals surface area contributed by atoms with E-state index in [1.165, 1.54) is 12.1 Å². The maximum absolute atomic E-state index is 13.2. The van der Waals surface area contributed by atoms with Gasteiger partial charge in [0.05, 0.1) is 6.10 Å². The van der Waals surface area contributed by atoms with Crippen molar-refractivity contribution in [2.75, 3.05) is 0 Å². The van der Waals surface area contributed by atoms with E-state index in [4.69, 9.17) is 4.74 Å². The molecular weight excluding hydrogens is 299 g/mol. The highest BCUT2D eigenvalue weighted by Crippen LogP contribution is 2.31. The first-order valence-corrected chi connectivity index (χ1v) is 6.26. The summed E-state index contributed by atoms with van der Waals surface area (Å²) in [5, 5.41) is 9.63. The summed E-state index contributed by atoms with van der Waals surface area (Å²) in [4.78, 5) is 0. The van der Waals surface area contributed by atoms with Gasteiger partial charge >= 0.3 is 0 Å². The number of benzene rings is 2. The Morgan fingerprint density at radius 3 is 2.61 bits per heavy atom. The summed E-state index contributed by atoms with van der Waals surface area (Å²) in [6, 6.07) is 11.4. The highest BCUT2D eigenvalue weighted by Gasteiger charge is 2.09. The van der Waals surface area contributed by atoms with Crippen molar-refractivity contribution in [3.63, 3.8) is 0 Å². The second-order valence-electron chi connectivity index (χ2n) is 3.92. The van der Waals surface area contributed by atoms with Gasteiger partial charge in [0.15, 0.2) is 0 Å². The Kier molecular flexibility index (Phi) is 3.99. The van der Waals surface area contributed by atoms with E-state index in [-0.39, 0.29) is 5.82 Å². The van der Waals surface area contributed by atoms with Crippen molar-refractivity contribution in [1.82, 2.24) is 0 Å². The summed E-state index contributed by atoms with van der Waals surface area (Å²) < 4.78 is 19.4. The minimum atomic E-state index is -0.641. The first-order chi connectivity index (χ1) is 8.56. The number of halogens is 2. The first kappa shape index (κ1) is 13.1. The van der Waals surface area contributed by atoms with E-state index in [0.717, 1.165) is 0 Å². The molecule has 2 aromatic rings. The molecule has 0 amide bonds. The van der Waals surface area contributed by atoms with Gasteiger partial charge in [0, 0.05) is 16.1 Å². The van der Waals surface area contributed by atoms with Gasteiger partial charge < -0.3 is 9.84 Å². The number of aliphatic hydroxyl groups is 1. The van der Waals surface area contributed by atoms with Crippen molar-refractivity contribution >= 4 is 15.9 Å². The van der Waals surface area contributed by atoms with Gasteiger partial charge in [0.2, 0.25) is 0 Å². The number of ether oxygens (including phenoxy) is 1. The fourth-order valence-corrected chi connectivity index (χ4v) is 2.08. The molecule has 0 aromatic heterocycles. The molecule has 2 nitrogen and oxygen atoms in total. The van der Waals surface area contributed by atoms with E-state index < -0.39 is 6.10 Å². The van der Waals surface area contributed by atoms with Gasteiger partial charge in [0.25, 0.3) is 0 Å². The Morgan fingerprint density at radius 2 is 1.94 bits per heavy atom. The molecule has 0 bridgehead atoms. The van der Waals surface area contributed by atoms with E-state index in [1.807, 2.05) is 6.07 Å². The molecule has 0 fully saturated rings. The molecule has 4 heteroatoms. The normalized spacial score (nSPS) is 12.2. The molecule has 0 aliphatic heterocycles. The van der Waals surface area contributed by atoms with Crippen LogP contribution in [0.3, 0.4) is 0 Å². The highest BCUT2D eigenvalue weighted by atomic mass is 79.9. The minimum Gasteiger partial charge on any atom is -0.457 e. The predicted molar refractivity (Wildman–Crippen MR) is 71.2 cm³/mol. The van der Waals surface area contributed by atoms with Crippen molar-refractivity contribution in [3.8, 4) is 11.5 Å². The zero-order chi connectivity index (χ0) is 13.1. The van der Waals surface area contributed by atoms with Crippen molar-refractivity contribution in [2.24, 2.45) is 0 Å². The molecule has 94 valence electrons. The van der Waals surface area contributed by atoms with Crippen molar-refractivity contribution in [2.45, 2.75) is 13.0 Å². The molecule has 1 atom stereocenters. The molecule has 1 N–H and O–H groups in total. The van der Waals surface area contributed by atoms with Crippen LogP contribution in [0.15, 0.2) is 46.9 Å². The van der Waals surface area contributed by atoms with Gasteiger partial charge in [-0.3, -0.25) is 0 Å². The summed E-state index contributed by atoms with van der Waals surface area (Å²) in [5.74, 6) is 0.522. The number of aliphatic hydroxyl groups excluding tert-OH is 1. The highest BCUT2D eigenvalue weighted by molar-refractivity contribution is 9.10.